The van der Waals surface area contributed by atoms with Crippen LogP contribution in [0, 0.1) is 0 Å². The molecule has 0 spiro atoms. The highest BCUT2D eigenvalue weighted by Gasteiger charge is 2.49. The number of rotatable bonds is 5. The zero-order chi connectivity index (χ0) is 19.9. The summed E-state index contributed by atoms with van der Waals surface area (Å²) in [5.41, 5.74) is 2.55. The molecule has 1 atom stereocenters. The lowest BCUT2D eigenvalue weighted by molar-refractivity contribution is -0.130. The van der Waals surface area contributed by atoms with E-state index < -0.39 is 17.5 Å². The molecule has 2 aromatic carbocycles. The molecule has 28 heavy (non-hydrogen) atoms. The van der Waals surface area contributed by atoms with Crippen LogP contribution in [0.3, 0.4) is 0 Å². The minimum Gasteiger partial charge on any atom is -0.497 e. The van der Waals surface area contributed by atoms with Crippen LogP contribution >= 0.6 is 0 Å². The number of ketones is 1. The molecule has 6 heteroatoms. The minimum atomic E-state index is -1.16. The third-order valence-electron chi connectivity index (χ3n) is 5.66. The molecular formula is C22H22N2O4. The van der Waals surface area contributed by atoms with Gasteiger partial charge in [0.2, 0.25) is 0 Å². The van der Waals surface area contributed by atoms with Crippen molar-refractivity contribution in [2.45, 2.75) is 31.7 Å². The molecule has 0 aromatic heterocycles. The summed E-state index contributed by atoms with van der Waals surface area (Å²) in [4.78, 5) is 39.1. The van der Waals surface area contributed by atoms with Crippen LogP contribution in [0.4, 0.5) is 4.79 Å². The lowest BCUT2D eigenvalue weighted by atomic mass is 9.89. The van der Waals surface area contributed by atoms with Crippen molar-refractivity contribution in [3.8, 4) is 5.75 Å². The lowest BCUT2D eigenvalue weighted by Gasteiger charge is -2.23. The molecule has 0 bridgehead atoms. The van der Waals surface area contributed by atoms with Crippen molar-refractivity contribution < 1.29 is 19.1 Å². The maximum absolute atomic E-state index is 13.1. The first-order valence-electron chi connectivity index (χ1n) is 9.36. The molecule has 1 aliphatic carbocycles. The van der Waals surface area contributed by atoms with Crippen LogP contribution in [0.1, 0.15) is 40.4 Å². The molecule has 2 aliphatic rings. The quantitative estimate of drug-likeness (QED) is 0.641. The van der Waals surface area contributed by atoms with E-state index in [9.17, 15) is 14.4 Å². The molecule has 1 aliphatic heterocycles. The Kier molecular flexibility index (Phi) is 4.41. The number of aryl methyl sites for hydroxylation is 2. The van der Waals surface area contributed by atoms with Gasteiger partial charge in [0.05, 0.1) is 13.7 Å². The number of benzene rings is 2. The monoisotopic (exact) mass is 378 g/mol. The van der Waals surface area contributed by atoms with Crippen molar-refractivity contribution in [3.63, 3.8) is 0 Å². The Labute approximate surface area is 163 Å². The fourth-order valence-electron chi connectivity index (χ4n) is 3.93. The molecule has 144 valence electrons. The van der Waals surface area contributed by atoms with Crippen LogP contribution in [0.15, 0.2) is 42.5 Å². The van der Waals surface area contributed by atoms with Crippen LogP contribution < -0.4 is 10.1 Å². The van der Waals surface area contributed by atoms with E-state index in [1.54, 1.807) is 38.3 Å². The van der Waals surface area contributed by atoms with Crippen LogP contribution in [0.25, 0.3) is 0 Å². The van der Waals surface area contributed by atoms with Gasteiger partial charge in [-0.05, 0) is 67.1 Å². The number of hydrogen-bond acceptors (Lipinski definition) is 4. The molecule has 6 nitrogen and oxygen atoms in total. The third kappa shape index (κ3) is 2.95. The van der Waals surface area contributed by atoms with Gasteiger partial charge in [0, 0.05) is 5.56 Å². The topological polar surface area (TPSA) is 75.7 Å². The molecule has 1 heterocycles. The zero-order valence-corrected chi connectivity index (χ0v) is 16.0. The van der Waals surface area contributed by atoms with Gasteiger partial charge in [0.25, 0.3) is 5.91 Å². The Bertz CT molecular complexity index is 967. The Morgan fingerprint density at radius 2 is 1.82 bits per heavy atom. The molecule has 0 saturated carbocycles. The van der Waals surface area contributed by atoms with Crippen molar-refractivity contribution in [1.82, 2.24) is 10.2 Å². The predicted molar refractivity (Wildman–Crippen MR) is 103 cm³/mol. The van der Waals surface area contributed by atoms with Gasteiger partial charge in [0.15, 0.2) is 5.78 Å². The molecule has 1 saturated heterocycles. The molecule has 0 unspecified atom stereocenters. The van der Waals surface area contributed by atoms with Crippen LogP contribution in [0.5, 0.6) is 5.75 Å². The molecule has 4 rings (SSSR count). The molecule has 2 aromatic rings. The number of Topliss-reactive ketones (excluding diaryl/α,β-unsaturated/α-hetero) is 1. The van der Waals surface area contributed by atoms with Crippen molar-refractivity contribution >= 4 is 17.7 Å². The molecule has 1 N–H and O–H groups in total. The number of fused-ring (bicyclic) bond motifs is 1. The number of nitrogens with one attached hydrogen (secondary N) is 1. The van der Waals surface area contributed by atoms with E-state index in [4.69, 9.17) is 4.74 Å². The van der Waals surface area contributed by atoms with E-state index in [2.05, 4.69) is 5.32 Å². The zero-order valence-electron chi connectivity index (χ0n) is 16.0. The van der Waals surface area contributed by atoms with E-state index >= 15 is 0 Å². The molecular weight excluding hydrogens is 356 g/mol. The SMILES string of the molecule is COc1ccc(C(=O)CN2C(=O)N[C@](C)(c3ccc4c(c3)CCC4)C2=O)cc1. The third-order valence-corrected chi connectivity index (χ3v) is 5.66. The molecule has 0 radical (unpaired) electrons. The van der Waals surface area contributed by atoms with Crippen molar-refractivity contribution in [2.24, 2.45) is 0 Å². The summed E-state index contributed by atoms with van der Waals surface area (Å²) in [6, 6.07) is 12.0. The summed E-state index contributed by atoms with van der Waals surface area (Å²) in [6.07, 6.45) is 3.15. The predicted octanol–water partition coefficient (Wildman–Crippen LogP) is 2.83. The summed E-state index contributed by atoms with van der Waals surface area (Å²) >= 11 is 0. The van der Waals surface area contributed by atoms with Crippen LogP contribution in [0.2, 0.25) is 0 Å². The second-order valence-corrected chi connectivity index (χ2v) is 7.44. The van der Waals surface area contributed by atoms with Crippen LogP contribution in [-0.4, -0.2) is 36.3 Å². The summed E-state index contributed by atoms with van der Waals surface area (Å²) in [6.45, 7) is 1.40. The van der Waals surface area contributed by atoms with Gasteiger partial charge in [-0.3, -0.25) is 14.5 Å². The lowest BCUT2D eigenvalue weighted by Crippen LogP contribution is -2.41. The highest BCUT2D eigenvalue weighted by molar-refractivity contribution is 6.11. The van der Waals surface area contributed by atoms with Gasteiger partial charge in [-0.2, -0.15) is 0 Å². The number of urea groups is 1. The van der Waals surface area contributed by atoms with Crippen molar-refractivity contribution in [1.29, 1.82) is 0 Å². The normalized spacial score (nSPS) is 20.9. The number of carbonyl (C=O) groups is 3. The maximum atomic E-state index is 13.1. The number of methoxy groups -OCH3 is 1. The van der Waals surface area contributed by atoms with E-state index in [-0.39, 0.29) is 12.3 Å². The number of amides is 3. The number of carbonyl (C=O) groups excluding carboxylic acids is 3. The Hall–Kier alpha value is -3.15. The van der Waals surface area contributed by atoms with Crippen molar-refractivity contribution in [2.75, 3.05) is 13.7 Å². The van der Waals surface area contributed by atoms with Gasteiger partial charge in [-0.1, -0.05) is 18.2 Å². The summed E-state index contributed by atoms with van der Waals surface area (Å²) in [5.74, 6) is -0.0719. The average molecular weight is 378 g/mol. The summed E-state index contributed by atoms with van der Waals surface area (Å²) in [5, 5.41) is 2.78. The number of nitrogens with zero attached hydrogens (tertiary/aromatic N) is 1. The highest BCUT2D eigenvalue weighted by Crippen LogP contribution is 2.32. The second-order valence-electron chi connectivity index (χ2n) is 7.44. The second kappa shape index (κ2) is 6.78. The van der Waals surface area contributed by atoms with Gasteiger partial charge in [0.1, 0.15) is 11.3 Å². The number of imide groups is 1. The smallest absolute Gasteiger partial charge is 0.325 e. The Morgan fingerprint density at radius 3 is 2.54 bits per heavy atom. The fourth-order valence-corrected chi connectivity index (χ4v) is 3.93. The first kappa shape index (κ1) is 18.2. The maximum Gasteiger partial charge on any atom is 0.325 e. The Morgan fingerprint density at radius 1 is 1.11 bits per heavy atom. The first-order valence-corrected chi connectivity index (χ1v) is 9.36. The standard InChI is InChI=1S/C22H22N2O4/c1-22(17-9-6-14-4-3-5-16(14)12-17)20(26)24(21(27)23-22)13-19(25)15-7-10-18(28-2)11-8-15/h6-12H,3-5,13H2,1-2H3,(H,23,27)/t22-/m1/s1. The first-order chi connectivity index (χ1) is 13.4. The van der Waals surface area contributed by atoms with E-state index in [0.717, 1.165) is 29.7 Å². The number of hydrogen-bond donors (Lipinski definition) is 1. The number of ether oxygens (including phenoxy) is 1. The summed E-state index contributed by atoms with van der Waals surface area (Å²) < 4.78 is 5.08. The van der Waals surface area contributed by atoms with Crippen LogP contribution in [-0.2, 0) is 23.2 Å². The van der Waals surface area contributed by atoms with Gasteiger partial charge < -0.3 is 10.1 Å². The molecule has 1 fully saturated rings. The van der Waals surface area contributed by atoms with Gasteiger partial charge in [-0.15, -0.1) is 0 Å². The molecule has 3 amide bonds. The van der Waals surface area contributed by atoms with E-state index in [0.29, 0.717) is 11.3 Å². The van der Waals surface area contributed by atoms with Gasteiger partial charge >= 0.3 is 6.03 Å². The van der Waals surface area contributed by atoms with E-state index in [1.165, 1.54) is 11.1 Å². The largest absolute Gasteiger partial charge is 0.497 e. The van der Waals surface area contributed by atoms with Crippen molar-refractivity contribution in [3.05, 3.63) is 64.7 Å². The average Bonchev–Trinajstić information content (AvgIpc) is 3.26. The highest BCUT2D eigenvalue weighted by atomic mass is 16.5. The fraction of sp³-hybridized carbons (Fsp3) is 0.318. The Balaban J connectivity index is 1.55. The minimum absolute atomic E-state index is 0.294. The van der Waals surface area contributed by atoms with E-state index in [1.807, 2.05) is 18.2 Å². The van der Waals surface area contributed by atoms with Gasteiger partial charge in [-0.25, -0.2) is 4.79 Å². The summed E-state index contributed by atoms with van der Waals surface area (Å²) in [7, 11) is 1.55.